The summed E-state index contributed by atoms with van der Waals surface area (Å²) in [7, 11) is 0. The molecule has 2 aromatic carbocycles. The van der Waals surface area contributed by atoms with Crippen LogP contribution in [0.15, 0.2) is 54.6 Å². The highest BCUT2D eigenvalue weighted by atomic mass is 16.2. The molecule has 1 saturated heterocycles. The molecule has 0 N–H and O–H groups in total. The molecule has 0 aromatic heterocycles. The number of likely N-dealkylation sites (tertiary alicyclic amines) is 1. The monoisotopic (exact) mass is 305 g/mol. The fourth-order valence-corrected chi connectivity index (χ4v) is 3.93. The van der Waals surface area contributed by atoms with E-state index in [1.54, 1.807) is 0 Å². The molecule has 1 fully saturated rings. The first-order valence-corrected chi connectivity index (χ1v) is 8.17. The van der Waals surface area contributed by atoms with Gasteiger partial charge in [-0.1, -0.05) is 42.5 Å². The number of nitrogens with zero attached hydrogens (tertiary/aromatic N) is 1. The van der Waals surface area contributed by atoms with Crippen LogP contribution in [0.2, 0.25) is 0 Å². The molecule has 4 rings (SSSR count). The van der Waals surface area contributed by atoms with Crippen molar-refractivity contribution in [3.8, 4) is 0 Å². The normalized spacial score (nSPS) is 19.0. The summed E-state index contributed by atoms with van der Waals surface area (Å²) in [5, 5.41) is 0. The van der Waals surface area contributed by atoms with E-state index in [4.69, 9.17) is 0 Å². The van der Waals surface area contributed by atoms with Crippen LogP contribution in [-0.2, 0) is 6.42 Å². The second kappa shape index (κ2) is 5.34. The first kappa shape index (κ1) is 14.2. The standard InChI is InChI=1S/C20H19NO2/c22-18-17-9-5-4-8-16(17)14-20(18)10-12-21(13-11-20)19(23)15-6-2-1-3-7-15/h1-9H,10-14H2. The molecule has 0 bridgehead atoms. The molecule has 23 heavy (non-hydrogen) atoms. The number of amides is 1. The highest BCUT2D eigenvalue weighted by Gasteiger charge is 2.47. The average molecular weight is 305 g/mol. The van der Waals surface area contributed by atoms with E-state index in [1.807, 2.05) is 53.4 Å². The lowest BCUT2D eigenvalue weighted by molar-refractivity contribution is 0.0517. The Morgan fingerprint density at radius 2 is 1.57 bits per heavy atom. The van der Waals surface area contributed by atoms with Crippen LogP contribution in [0.3, 0.4) is 0 Å². The summed E-state index contributed by atoms with van der Waals surface area (Å²) in [5.74, 6) is 0.350. The van der Waals surface area contributed by atoms with Gasteiger partial charge in [0.25, 0.3) is 5.91 Å². The summed E-state index contributed by atoms with van der Waals surface area (Å²) in [6, 6.07) is 17.3. The highest BCUT2D eigenvalue weighted by Crippen LogP contribution is 2.44. The van der Waals surface area contributed by atoms with Gasteiger partial charge in [-0.05, 0) is 37.0 Å². The number of fused-ring (bicyclic) bond motifs is 1. The van der Waals surface area contributed by atoms with Gasteiger partial charge in [0.1, 0.15) is 0 Å². The van der Waals surface area contributed by atoms with Gasteiger partial charge in [0.2, 0.25) is 0 Å². The molecule has 3 heteroatoms. The molecular formula is C20H19NO2. The van der Waals surface area contributed by atoms with Crippen molar-refractivity contribution in [1.82, 2.24) is 4.90 Å². The number of carbonyl (C=O) groups is 2. The minimum absolute atomic E-state index is 0.0726. The second-order valence-corrected chi connectivity index (χ2v) is 6.60. The Labute approximate surface area is 135 Å². The quantitative estimate of drug-likeness (QED) is 0.810. The van der Waals surface area contributed by atoms with Gasteiger partial charge in [0.05, 0.1) is 0 Å². The van der Waals surface area contributed by atoms with Crippen LogP contribution < -0.4 is 0 Å². The van der Waals surface area contributed by atoms with Crippen LogP contribution >= 0.6 is 0 Å². The first-order chi connectivity index (χ1) is 11.2. The average Bonchev–Trinajstić information content (AvgIpc) is 2.88. The maximum atomic E-state index is 12.8. The molecule has 1 spiro atoms. The van der Waals surface area contributed by atoms with Crippen LogP contribution in [0, 0.1) is 5.41 Å². The minimum atomic E-state index is -0.281. The molecule has 3 nitrogen and oxygen atoms in total. The predicted molar refractivity (Wildman–Crippen MR) is 88.5 cm³/mol. The number of hydrogen-bond acceptors (Lipinski definition) is 2. The zero-order chi connectivity index (χ0) is 15.9. The lowest BCUT2D eigenvalue weighted by Crippen LogP contribution is -2.45. The molecule has 1 heterocycles. The molecular weight excluding hydrogens is 286 g/mol. The number of benzene rings is 2. The molecule has 1 amide bonds. The summed E-state index contributed by atoms with van der Waals surface area (Å²) in [6.45, 7) is 1.32. The largest absolute Gasteiger partial charge is 0.339 e. The van der Waals surface area contributed by atoms with E-state index in [9.17, 15) is 9.59 Å². The lowest BCUT2D eigenvalue weighted by Gasteiger charge is -2.38. The molecule has 1 aliphatic heterocycles. The summed E-state index contributed by atoms with van der Waals surface area (Å²) in [6.07, 6.45) is 2.35. The summed E-state index contributed by atoms with van der Waals surface area (Å²) in [5.41, 5.74) is 2.50. The van der Waals surface area contributed by atoms with Gasteiger partial charge in [-0.15, -0.1) is 0 Å². The Morgan fingerprint density at radius 3 is 2.26 bits per heavy atom. The van der Waals surface area contributed by atoms with Crippen LogP contribution in [0.1, 0.15) is 39.1 Å². The van der Waals surface area contributed by atoms with E-state index in [2.05, 4.69) is 6.07 Å². The number of carbonyl (C=O) groups excluding carboxylic acids is 2. The van der Waals surface area contributed by atoms with Gasteiger partial charge >= 0.3 is 0 Å². The molecule has 0 radical (unpaired) electrons. The van der Waals surface area contributed by atoms with Crippen molar-refractivity contribution in [2.45, 2.75) is 19.3 Å². The fourth-order valence-electron chi connectivity index (χ4n) is 3.93. The van der Waals surface area contributed by atoms with E-state index < -0.39 is 0 Å². The van der Waals surface area contributed by atoms with Gasteiger partial charge in [-0.2, -0.15) is 0 Å². The highest BCUT2D eigenvalue weighted by molar-refractivity contribution is 6.05. The Hall–Kier alpha value is -2.42. The van der Waals surface area contributed by atoms with Gasteiger partial charge in [0, 0.05) is 29.6 Å². The van der Waals surface area contributed by atoms with E-state index in [-0.39, 0.29) is 17.1 Å². The number of piperidine rings is 1. The van der Waals surface area contributed by atoms with Crippen LogP contribution in [0.5, 0.6) is 0 Å². The smallest absolute Gasteiger partial charge is 0.253 e. The summed E-state index contributed by atoms with van der Waals surface area (Å²) in [4.78, 5) is 27.2. The Balaban J connectivity index is 1.50. The molecule has 0 saturated carbocycles. The minimum Gasteiger partial charge on any atom is -0.339 e. The Bertz CT molecular complexity index is 758. The topological polar surface area (TPSA) is 37.4 Å². The van der Waals surface area contributed by atoms with E-state index in [0.29, 0.717) is 13.1 Å². The number of Topliss-reactive ketones (excluding diaryl/α,β-unsaturated/α-hetero) is 1. The third-order valence-corrected chi connectivity index (χ3v) is 5.30. The maximum Gasteiger partial charge on any atom is 0.253 e. The first-order valence-electron chi connectivity index (χ1n) is 8.17. The molecule has 0 atom stereocenters. The fraction of sp³-hybridized carbons (Fsp3) is 0.300. The molecule has 116 valence electrons. The van der Waals surface area contributed by atoms with E-state index >= 15 is 0 Å². The van der Waals surface area contributed by atoms with Crippen LogP contribution in [0.25, 0.3) is 0 Å². The van der Waals surface area contributed by atoms with Crippen LogP contribution in [-0.4, -0.2) is 29.7 Å². The van der Waals surface area contributed by atoms with E-state index in [0.717, 1.165) is 30.4 Å². The molecule has 0 unspecified atom stereocenters. The zero-order valence-corrected chi connectivity index (χ0v) is 13.0. The number of hydrogen-bond donors (Lipinski definition) is 0. The third-order valence-electron chi connectivity index (χ3n) is 5.30. The van der Waals surface area contributed by atoms with Crippen LogP contribution in [0.4, 0.5) is 0 Å². The zero-order valence-electron chi connectivity index (χ0n) is 13.0. The lowest BCUT2D eigenvalue weighted by atomic mass is 9.75. The molecule has 2 aliphatic rings. The summed E-state index contributed by atoms with van der Waals surface area (Å²) >= 11 is 0. The van der Waals surface area contributed by atoms with Crippen molar-refractivity contribution in [2.24, 2.45) is 5.41 Å². The van der Waals surface area contributed by atoms with Crippen molar-refractivity contribution in [3.63, 3.8) is 0 Å². The van der Waals surface area contributed by atoms with Gasteiger partial charge < -0.3 is 4.90 Å². The van der Waals surface area contributed by atoms with Gasteiger partial charge in [0.15, 0.2) is 5.78 Å². The van der Waals surface area contributed by atoms with Gasteiger partial charge in [-0.3, -0.25) is 9.59 Å². The van der Waals surface area contributed by atoms with Crippen molar-refractivity contribution in [1.29, 1.82) is 0 Å². The van der Waals surface area contributed by atoms with E-state index in [1.165, 1.54) is 5.56 Å². The molecule has 2 aromatic rings. The Morgan fingerprint density at radius 1 is 0.913 bits per heavy atom. The Kier molecular flexibility index (Phi) is 3.29. The predicted octanol–water partition coefficient (Wildman–Crippen LogP) is 3.35. The SMILES string of the molecule is O=C(c1ccccc1)N1CCC2(CC1)Cc1ccccc1C2=O. The maximum absolute atomic E-state index is 12.8. The van der Waals surface area contributed by atoms with Crippen molar-refractivity contribution in [3.05, 3.63) is 71.3 Å². The van der Waals surface area contributed by atoms with Crippen molar-refractivity contribution >= 4 is 11.7 Å². The van der Waals surface area contributed by atoms with Gasteiger partial charge in [-0.25, -0.2) is 0 Å². The second-order valence-electron chi connectivity index (χ2n) is 6.60. The number of rotatable bonds is 1. The summed E-state index contributed by atoms with van der Waals surface area (Å²) < 4.78 is 0. The van der Waals surface area contributed by atoms with Crippen molar-refractivity contribution in [2.75, 3.05) is 13.1 Å². The molecule has 1 aliphatic carbocycles. The van der Waals surface area contributed by atoms with Crippen molar-refractivity contribution < 1.29 is 9.59 Å². The number of ketones is 1. The third kappa shape index (κ3) is 2.27.